The molecular formula is C32H34F3N3O5S. The van der Waals surface area contributed by atoms with Gasteiger partial charge in [0.2, 0.25) is 10.0 Å². The number of methoxy groups -OCH3 is 1. The molecule has 1 amide bonds. The maximum absolute atomic E-state index is 13.5. The smallest absolute Gasteiger partial charge is 0.416 e. The highest BCUT2D eigenvalue weighted by Gasteiger charge is 2.35. The van der Waals surface area contributed by atoms with Crippen molar-refractivity contribution in [1.82, 2.24) is 10.3 Å². The van der Waals surface area contributed by atoms with Crippen LogP contribution in [0.4, 0.5) is 18.9 Å². The number of halogens is 3. The number of phenolic OH excluding ortho intramolecular Hbond substituents is 1. The lowest BCUT2D eigenvalue weighted by Crippen LogP contribution is -2.41. The summed E-state index contributed by atoms with van der Waals surface area (Å²) in [6.07, 6.45) is -4.15. The topological polar surface area (TPSA) is 109 Å². The molecule has 44 heavy (non-hydrogen) atoms. The minimum Gasteiger partial charge on any atom is -0.508 e. The van der Waals surface area contributed by atoms with Gasteiger partial charge >= 0.3 is 6.18 Å². The number of benzene rings is 3. The third kappa shape index (κ3) is 7.13. The van der Waals surface area contributed by atoms with Crippen molar-refractivity contribution in [3.05, 3.63) is 89.6 Å². The number of pyridine rings is 1. The third-order valence-electron chi connectivity index (χ3n) is 7.14. The van der Waals surface area contributed by atoms with Gasteiger partial charge in [0.15, 0.2) is 0 Å². The van der Waals surface area contributed by atoms with Gasteiger partial charge in [-0.05, 0) is 86.3 Å². The molecule has 234 valence electrons. The Hall–Kier alpha value is -4.16. The molecule has 0 aliphatic heterocycles. The van der Waals surface area contributed by atoms with Gasteiger partial charge in [-0.3, -0.25) is 9.10 Å². The molecule has 0 saturated heterocycles. The predicted molar refractivity (Wildman–Crippen MR) is 164 cm³/mol. The van der Waals surface area contributed by atoms with Gasteiger partial charge in [0, 0.05) is 19.5 Å². The van der Waals surface area contributed by atoms with Crippen molar-refractivity contribution in [3.8, 4) is 16.9 Å². The number of nitrogens with one attached hydrogen (secondary N) is 1. The zero-order valence-corrected chi connectivity index (χ0v) is 25.8. The van der Waals surface area contributed by atoms with Crippen LogP contribution in [-0.4, -0.2) is 56.0 Å². The van der Waals surface area contributed by atoms with E-state index < -0.39 is 38.5 Å². The van der Waals surface area contributed by atoms with E-state index in [4.69, 9.17) is 4.74 Å². The van der Waals surface area contributed by atoms with Crippen LogP contribution < -0.4 is 9.62 Å². The Morgan fingerprint density at radius 1 is 1.00 bits per heavy atom. The van der Waals surface area contributed by atoms with E-state index in [9.17, 15) is 31.5 Å². The van der Waals surface area contributed by atoms with E-state index in [-0.39, 0.29) is 34.8 Å². The highest BCUT2D eigenvalue weighted by molar-refractivity contribution is 7.94. The van der Waals surface area contributed by atoms with Gasteiger partial charge in [-0.25, -0.2) is 13.4 Å². The molecule has 3 aromatic carbocycles. The fourth-order valence-corrected chi connectivity index (χ4v) is 5.94. The van der Waals surface area contributed by atoms with Crippen LogP contribution >= 0.6 is 0 Å². The SMILES string of the molecule is COC[C@H](Cc1ccc(O)cc1)NC(=O)c1cc(N(C)S(=O)(=O)C(C)(C)C)c2cc(-c3cccc(C(F)(F)F)c3)ccc2n1. The van der Waals surface area contributed by atoms with E-state index >= 15 is 0 Å². The van der Waals surface area contributed by atoms with Gasteiger partial charge in [-0.15, -0.1) is 0 Å². The number of hydrogen-bond donors (Lipinski definition) is 2. The molecule has 1 atom stereocenters. The number of fused-ring (bicyclic) bond motifs is 1. The number of hydrogen-bond acceptors (Lipinski definition) is 6. The summed E-state index contributed by atoms with van der Waals surface area (Å²) in [5.41, 5.74) is 1.10. The summed E-state index contributed by atoms with van der Waals surface area (Å²) in [7, 11) is -1.09. The van der Waals surface area contributed by atoms with Crippen molar-refractivity contribution in [2.45, 2.75) is 44.2 Å². The van der Waals surface area contributed by atoms with Crippen molar-refractivity contribution in [3.63, 3.8) is 0 Å². The van der Waals surface area contributed by atoms with E-state index in [0.29, 0.717) is 17.4 Å². The average Bonchev–Trinajstić information content (AvgIpc) is 2.96. The minimum absolute atomic E-state index is 0.0536. The molecule has 0 aliphatic carbocycles. The molecule has 0 aliphatic rings. The molecule has 0 spiro atoms. The first-order valence-electron chi connectivity index (χ1n) is 13.7. The van der Waals surface area contributed by atoms with Crippen LogP contribution in [0.5, 0.6) is 5.75 Å². The molecule has 0 fully saturated rings. The second-order valence-electron chi connectivity index (χ2n) is 11.4. The van der Waals surface area contributed by atoms with E-state index in [1.807, 2.05) is 0 Å². The molecule has 4 rings (SSSR count). The quantitative estimate of drug-likeness (QED) is 0.229. The number of anilines is 1. The van der Waals surface area contributed by atoms with Gasteiger partial charge in [0.25, 0.3) is 5.91 Å². The summed E-state index contributed by atoms with van der Waals surface area (Å²) in [5, 5.41) is 12.8. The fraction of sp³-hybridized carbons (Fsp3) is 0.312. The normalized spacial score (nSPS) is 13.1. The zero-order chi connectivity index (χ0) is 32.4. The van der Waals surface area contributed by atoms with E-state index in [2.05, 4.69) is 10.3 Å². The number of nitrogens with zero attached hydrogens (tertiary/aromatic N) is 2. The van der Waals surface area contributed by atoms with E-state index in [0.717, 1.165) is 22.0 Å². The Morgan fingerprint density at radius 2 is 1.66 bits per heavy atom. The number of carbonyl (C=O) groups is 1. The van der Waals surface area contributed by atoms with Crippen LogP contribution in [0.2, 0.25) is 0 Å². The molecule has 8 nitrogen and oxygen atoms in total. The van der Waals surface area contributed by atoms with Crippen LogP contribution in [0.1, 0.15) is 42.4 Å². The van der Waals surface area contributed by atoms with Crippen LogP contribution in [0, 0.1) is 0 Å². The maximum atomic E-state index is 13.5. The van der Waals surface area contributed by atoms with Crippen molar-refractivity contribution < 1.29 is 36.2 Å². The summed E-state index contributed by atoms with van der Waals surface area (Å²) >= 11 is 0. The predicted octanol–water partition coefficient (Wildman–Crippen LogP) is 6.18. The lowest BCUT2D eigenvalue weighted by Gasteiger charge is -2.29. The van der Waals surface area contributed by atoms with Crippen LogP contribution in [0.3, 0.4) is 0 Å². The molecule has 0 radical (unpaired) electrons. The highest BCUT2D eigenvalue weighted by Crippen LogP contribution is 2.36. The first-order valence-corrected chi connectivity index (χ1v) is 15.1. The number of sulfonamides is 1. The van der Waals surface area contributed by atoms with Crippen molar-refractivity contribution in [2.75, 3.05) is 25.1 Å². The standard InChI is InChI=1S/C32H34F3N3O5S/c1-31(2,3)44(41,42)38(4)29-18-28(30(40)36-24(19-43-5)15-20-9-12-25(39)13-10-20)37-27-14-11-22(17-26(27)29)21-7-6-8-23(16-21)32(33,34)35/h6-14,16-18,24,39H,15,19H2,1-5H3,(H,36,40)/t24-/m0/s1. The summed E-state index contributed by atoms with van der Waals surface area (Å²) in [6, 6.07) is 17.0. The third-order valence-corrected chi connectivity index (χ3v) is 9.60. The largest absolute Gasteiger partial charge is 0.508 e. The molecule has 12 heteroatoms. The number of amides is 1. The van der Waals surface area contributed by atoms with Crippen LogP contribution in [-0.2, 0) is 27.4 Å². The second-order valence-corrected chi connectivity index (χ2v) is 14.1. The highest BCUT2D eigenvalue weighted by atomic mass is 32.2. The number of phenols is 1. The molecule has 2 N–H and O–H groups in total. The summed E-state index contributed by atoms with van der Waals surface area (Å²) in [4.78, 5) is 18.0. The lowest BCUT2D eigenvalue weighted by atomic mass is 10.00. The van der Waals surface area contributed by atoms with Gasteiger partial charge in [0.05, 0.1) is 34.2 Å². The first-order chi connectivity index (χ1) is 20.5. The number of alkyl halides is 3. The summed E-state index contributed by atoms with van der Waals surface area (Å²) in [6.45, 7) is 4.80. The number of aromatic hydroxyl groups is 1. The molecule has 1 heterocycles. The molecule has 0 saturated carbocycles. The molecule has 0 bridgehead atoms. The Morgan fingerprint density at radius 3 is 2.27 bits per heavy atom. The van der Waals surface area contributed by atoms with E-state index in [1.54, 1.807) is 51.1 Å². The van der Waals surface area contributed by atoms with Crippen molar-refractivity contribution >= 4 is 32.5 Å². The number of carbonyl (C=O) groups excluding carboxylic acids is 1. The van der Waals surface area contributed by atoms with Crippen LogP contribution in [0.25, 0.3) is 22.0 Å². The number of ether oxygens (including phenoxy) is 1. The van der Waals surface area contributed by atoms with Crippen molar-refractivity contribution in [2.24, 2.45) is 0 Å². The lowest BCUT2D eigenvalue weighted by molar-refractivity contribution is -0.137. The molecular weight excluding hydrogens is 595 g/mol. The van der Waals surface area contributed by atoms with Gasteiger partial charge in [0.1, 0.15) is 11.4 Å². The zero-order valence-electron chi connectivity index (χ0n) is 24.9. The Balaban J connectivity index is 1.80. The monoisotopic (exact) mass is 629 g/mol. The van der Waals surface area contributed by atoms with Gasteiger partial charge < -0.3 is 15.2 Å². The Labute approximate surface area is 254 Å². The first kappa shape index (κ1) is 32.7. The van der Waals surface area contributed by atoms with Gasteiger partial charge in [-0.2, -0.15) is 13.2 Å². The minimum atomic E-state index is -4.54. The maximum Gasteiger partial charge on any atom is 0.416 e. The number of aromatic nitrogens is 1. The van der Waals surface area contributed by atoms with E-state index in [1.165, 1.54) is 44.5 Å². The summed E-state index contributed by atoms with van der Waals surface area (Å²) < 4.78 is 72.4. The van der Waals surface area contributed by atoms with Crippen LogP contribution in [0.15, 0.2) is 72.8 Å². The fourth-order valence-electron chi connectivity index (χ4n) is 4.71. The van der Waals surface area contributed by atoms with Gasteiger partial charge in [-0.1, -0.05) is 30.3 Å². The van der Waals surface area contributed by atoms with Crippen molar-refractivity contribution in [1.29, 1.82) is 0 Å². The Bertz CT molecular complexity index is 1770. The average molecular weight is 630 g/mol. The summed E-state index contributed by atoms with van der Waals surface area (Å²) in [5.74, 6) is -0.461. The molecule has 1 aromatic heterocycles. The number of rotatable bonds is 9. The second kappa shape index (κ2) is 12.4. The Kier molecular flexibility index (Phi) is 9.26. The molecule has 0 unspecified atom stereocenters. The molecule has 4 aromatic rings.